The molecular formula is C8H24MoN8OS17. The third kappa shape index (κ3) is 11700. The Bertz CT molecular complexity index is 390. The Morgan fingerprint density at radius 3 is 0.314 bits per heavy atom. The molecule has 0 saturated carbocycles. The Kier molecular flexibility index (Phi) is 132. The van der Waals surface area contributed by atoms with E-state index in [0.29, 0.717) is 0 Å². The fraction of sp³-hybridized carbons (Fsp3) is 0. The molecule has 0 aliphatic heterocycles. The zero-order valence-corrected chi connectivity index (χ0v) is 33.5. The quantitative estimate of drug-likeness (QED) is 0.0656. The summed E-state index contributed by atoms with van der Waals surface area (Å²) in [7, 11) is 0. The van der Waals surface area contributed by atoms with Gasteiger partial charge in [-0.1, -0.05) is 34.6 Å². The van der Waals surface area contributed by atoms with Crippen LogP contribution in [0.3, 0.4) is 0 Å². The third-order valence-electron chi connectivity index (χ3n) is 0. The summed E-state index contributed by atoms with van der Waals surface area (Å²) in [6, 6.07) is 0. The van der Waals surface area contributed by atoms with Crippen molar-refractivity contribution in [3.05, 3.63) is 0 Å². The second kappa shape index (κ2) is 65.2. The van der Waals surface area contributed by atoms with Crippen LogP contribution in [0.1, 0.15) is 0 Å². The summed E-state index contributed by atoms with van der Waals surface area (Å²) in [6.07, 6.45) is 0. The average molecular weight is 889 g/mol. The molecule has 0 atom stereocenters. The number of thiocarbonyl (C=S) groups is 8. The fourth-order valence-corrected chi connectivity index (χ4v) is 0. The largest absolute Gasteiger partial charge is 4.00 e. The molecule has 0 rings (SSSR count). The van der Waals surface area contributed by atoms with E-state index in [-0.39, 0.29) is 74.6 Å². The summed E-state index contributed by atoms with van der Waals surface area (Å²) in [4.78, 5) is 0. The van der Waals surface area contributed by atoms with Gasteiger partial charge in [0.15, 0.2) is 0 Å². The number of nitrogens with two attached hydrogens (primary N) is 8. The van der Waals surface area contributed by atoms with Crippen molar-refractivity contribution in [2.24, 2.45) is 45.9 Å². The van der Waals surface area contributed by atoms with Crippen molar-refractivity contribution in [3.63, 3.8) is 0 Å². The van der Waals surface area contributed by atoms with E-state index in [0.717, 1.165) is 0 Å². The molecule has 0 spiro atoms. The molecule has 0 amide bonds. The molecule has 0 saturated heterocycles. The van der Waals surface area contributed by atoms with Crippen LogP contribution in [0.5, 0.6) is 0 Å². The van der Waals surface area contributed by atoms with Crippen molar-refractivity contribution in [2.45, 2.75) is 0 Å². The van der Waals surface area contributed by atoms with Crippen molar-refractivity contribution in [3.8, 4) is 0 Å². The molecule has 0 aromatic heterocycles. The first kappa shape index (κ1) is 70.9. The summed E-state index contributed by atoms with van der Waals surface area (Å²) in [6.45, 7) is 0. The second-order valence-corrected chi connectivity index (χ2v) is 11.7. The standard InChI is InChI=1S/8CH3NS2.Mo.H4O.H4S/c8*2-1(3)4;;;/h8*(H3,2,3,4);;2*1H4/q;;;;;;;;+4;2*+2/p-8. The molecule has 0 bridgehead atoms. The minimum absolute atomic E-state index is 0. The van der Waals surface area contributed by atoms with Crippen molar-refractivity contribution in [1.29, 1.82) is 0 Å². The van der Waals surface area contributed by atoms with Gasteiger partial charge in [-0.25, -0.2) is 13.5 Å². The van der Waals surface area contributed by atoms with E-state index >= 15 is 0 Å². The topological polar surface area (TPSA) is 243 Å². The van der Waals surface area contributed by atoms with Crippen LogP contribution in [-0.4, -0.2) is 34.6 Å². The maximum absolute atomic E-state index is 4.66. The normalized spacial score (nSPS) is 5.49. The van der Waals surface area contributed by atoms with Crippen LogP contribution >= 0.6 is 97.7 Å². The van der Waals surface area contributed by atoms with Gasteiger partial charge in [0.25, 0.3) is 0 Å². The monoisotopic (exact) mass is 890 g/mol. The summed E-state index contributed by atoms with van der Waals surface area (Å²) in [5.74, 6) is 0. The van der Waals surface area contributed by atoms with Gasteiger partial charge in [0.1, 0.15) is 0 Å². The van der Waals surface area contributed by atoms with Crippen LogP contribution < -0.4 is 45.9 Å². The molecule has 35 heavy (non-hydrogen) atoms. The first-order chi connectivity index (χ1) is 13.9. The van der Waals surface area contributed by atoms with Crippen LogP contribution in [0.2, 0.25) is 0 Å². The fourth-order valence-electron chi connectivity index (χ4n) is 0. The van der Waals surface area contributed by atoms with E-state index < -0.39 is 0 Å². The Morgan fingerprint density at radius 1 is 0.314 bits per heavy atom. The van der Waals surface area contributed by atoms with Gasteiger partial charge in [-0.05, 0) is 0 Å². The predicted molar refractivity (Wildman–Crippen MR) is 212 cm³/mol. The predicted octanol–water partition coefficient (Wildman–Crippen LogP) is -4.05. The molecule has 0 fully saturated rings. The third-order valence-corrected chi connectivity index (χ3v) is 0. The maximum atomic E-state index is 4.66. The number of hydrogen-bond acceptors (Lipinski definition) is 16. The van der Waals surface area contributed by atoms with E-state index in [4.69, 9.17) is 0 Å². The average Bonchev–Trinajstić information content (AvgIpc) is 2.30. The Morgan fingerprint density at radius 2 is 0.314 bits per heavy atom. The van der Waals surface area contributed by atoms with E-state index in [1.54, 1.807) is 0 Å². The van der Waals surface area contributed by atoms with Gasteiger partial charge in [-0.2, -0.15) is 0 Å². The van der Waals surface area contributed by atoms with Gasteiger partial charge < -0.3 is 250 Å². The molecule has 0 aliphatic carbocycles. The van der Waals surface area contributed by atoms with E-state index in [1.807, 2.05) is 0 Å². The van der Waals surface area contributed by atoms with Gasteiger partial charge in [0.05, 0.1) is 0 Å². The minimum atomic E-state index is 0. The van der Waals surface area contributed by atoms with Crippen LogP contribution in [-0.2, 0) is 141 Å². The van der Waals surface area contributed by atoms with E-state index in [2.05, 4.69) is 245 Å². The molecular weight excluding hydrogens is 865 g/mol. The molecule has 0 heterocycles. The molecule has 0 aliphatic rings. The van der Waals surface area contributed by atoms with Gasteiger partial charge >= 0.3 is 21.1 Å². The molecule has 0 radical (unpaired) electrons. The van der Waals surface area contributed by atoms with Crippen LogP contribution in [0.25, 0.3) is 0 Å². The molecule has 0 aromatic rings. The Labute approximate surface area is 314 Å². The van der Waals surface area contributed by atoms with Crippen molar-refractivity contribution >= 4 is 247 Å². The summed E-state index contributed by atoms with van der Waals surface area (Å²) in [5, 5.41) is 0. The molecule has 0 unspecified atom stereocenters. The van der Waals surface area contributed by atoms with E-state index in [1.165, 1.54) is 0 Å². The zero-order chi connectivity index (χ0) is 28.6. The molecule has 9 nitrogen and oxygen atoms in total. The van der Waals surface area contributed by atoms with Crippen LogP contribution in [0.15, 0.2) is 0 Å². The number of rotatable bonds is 0. The first-order valence-electron chi connectivity index (χ1n) is 5.58. The SMILES string of the molecule is NC(=S)[S-].NC(=S)[S-].NC(=S)[S-].NC(=S)[S-].NC(=S)[S-].NC(=S)[S-].NC(=S)[S-].NC(=S)[S-].[Mo+4].[OH4+2].[SH4+2]. The van der Waals surface area contributed by atoms with E-state index in [9.17, 15) is 0 Å². The molecule has 0 aromatic carbocycles. The van der Waals surface area contributed by atoms with Crippen molar-refractivity contribution < 1.29 is 26.5 Å². The summed E-state index contributed by atoms with van der Waals surface area (Å²) in [5.41, 5.74) is 37.3. The van der Waals surface area contributed by atoms with Crippen molar-refractivity contribution in [2.75, 3.05) is 0 Å². The Balaban J connectivity index is -0.0000000206. The number of hydrogen-bond donors (Lipinski definition) is 8. The minimum Gasteiger partial charge on any atom is -0.873 e. The van der Waals surface area contributed by atoms with Gasteiger partial charge in [0, 0.05) is 0 Å². The molecule has 27 heteroatoms. The summed E-state index contributed by atoms with van der Waals surface area (Å²) < 4.78 is 0.667. The maximum Gasteiger partial charge on any atom is 4.00 e. The Hall–Kier alpha value is 1.88. The second-order valence-electron chi connectivity index (χ2n) is 2.55. The van der Waals surface area contributed by atoms with Crippen molar-refractivity contribution in [1.82, 2.24) is 0 Å². The van der Waals surface area contributed by atoms with Gasteiger partial charge in [0.2, 0.25) is 0 Å². The zero-order valence-electron chi connectivity index (χ0n) is 17.0. The van der Waals surface area contributed by atoms with Gasteiger partial charge in [-0.15, -0.1) is 0 Å². The van der Waals surface area contributed by atoms with Crippen LogP contribution in [0.4, 0.5) is 0 Å². The van der Waals surface area contributed by atoms with Crippen LogP contribution in [0, 0.1) is 0 Å². The smallest absolute Gasteiger partial charge is 0.873 e. The molecule has 20 N–H and O–H groups in total. The molecule has 210 valence electrons. The van der Waals surface area contributed by atoms with Gasteiger partial charge in [-0.3, -0.25) is 0 Å². The first-order valence-corrected chi connectivity index (χ1v) is 12.1. The summed E-state index contributed by atoms with van der Waals surface area (Å²) >= 11 is 66.1.